The Balaban J connectivity index is 1.28. The molecule has 0 radical (unpaired) electrons. The summed E-state index contributed by atoms with van der Waals surface area (Å²) in [7, 11) is 0. The van der Waals surface area contributed by atoms with Crippen LogP contribution in [0, 0.1) is 0 Å². The van der Waals surface area contributed by atoms with Gasteiger partial charge >= 0.3 is 0 Å². The van der Waals surface area contributed by atoms with Crippen LogP contribution in [0.2, 0.25) is 0 Å². The van der Waals surface area contributed by atoms with E-state index in [4.69, 9.17) is 4.74 Å². The van der Waals surface area contributed by atoms with Crippen LogP contribution in [-0.4, -0.2) is 65.3 Å². The lowest BCUT2D eigenvalue weighted by atomic mass is 10.1. The summed E-state index contributed by atoms with van der Waals surface area (Å²) in [6.07, 6.45) is 3.57. The van der Waals surface area contributed by atoms with Gasteiger partial charge in [0.05, 0.1) is 24.2 Å². The van der Waals surface area contributed by atoms with Crippen molar-refractivity contribution in [2.45, 2.75) is 36.6 Å². The first-order chi connectivity index (χ1) is 17.2. The monoisotopic (exact) mass is 492 g/mol. The van der Waals surface area contributed by atoms with Gasteiger partial charge in [-0.2, -0.15) is 0 Å². The molecular weight excluding hydrogens is 460 g/mol. The number of nitrogens with zero attached hydrogens (tertiary/aromatic N) is 5. The molecule has 2 aliphatic heterocycles. The molecule has 2 aromatic carbocycles. The van der Waals surface area contributed by atoms with E-state index in [0.717, 1.165) is 80.4 Å². The minimum atomic E-state index is -0.338. The molecule has 0 aliphatic carbocycles. The van der Waals surface area contributed by atoms with Crippen molar-refractivity contribution in [1.29, 1.82) is 0 Å². The number of benzene rings is 2. The predicted octanol–water partition coefficient (Wildman–Crippen LogP) is 4.21. The normalized spacial score (nSPS) is 17.3. The van der Waals surface area contributed by atoms with Gasteiger partial charge in [-0.1, -0.05) is 30.0 Å². The van der Waals surface area contributed by atoms with Gasteiger partial charge in [0.25, 0.3) is 0 Å². The molecule has 9 heteroatoms. The van der Waals surface area contributed by atoms with Gasteiger partial charge in [0.2, 0.25) is 11.9 Å². The quantitative estimate of drug-likeness (QED) is 0.495. The summed E-state index contributed by atoms with van der Waals surface area (Å²) < 4.78 is 7.51. The first kappa shape index (κ1) is 23.7. The van der Waals surface area contributed by atoms with Crippen LogP contribution in [0.4, 0.5) is 17.3 Å². The maximum atomic E-state index is 13.0. The number of rotatable bonds is 7. The molecule has 0 unspecified atom stereocenters. The number of aromatic nitrogens is 3. The summed E-state index contributed by atoms with van der Waals surface area (Å²) in [5.74, 6) is 0.793. The number of hydrogen-bond acceptors (Lipinski definition) is 7. The maximum Gasteiger partial charge on any atom is 0.237 e. The Morgan fingerprint density at radius 2 is 1.60 bits per heavy atom. The molecule has 3 heterocycles. The molecule has 1 N–H and O–H groups in total. The number of para-hydroxylation sites is 1. The molecule has 2 fully saturated rings. The molecule has 8 nitrogen and oxygen atoms in total. The highest BCUT2D eigenvalue weighted by Crippen LogP contribution is 2.31. The predicted molar refractivity (Wildman–Crippen MR) is 141 cm³/mol. The molecule has 0 bridgehead atoms. The van der Waals surface area contributed by atoms with Crippen molar-refractivity contribution in [3.05, 3.63) is 54.6 Å². The van der Waals surface area contributed by atoms with E-state index in [1.807, 2.05) is 37.3 Å². The van der Waals surface area contributed by atoms with E-state index in [0.29, 0.717) is 0 Å². The highest BCUT2D eigenvalue weighted by atomic mass is 32.2. The summed E-state index contributed by atoms with van der Waals surface area (Å²) in [5.41, 5.74) is 2.94. The molecule has 1 amide bonds. The Kier molecular flexibility index (Phi) is 7.54. The summed E-state index contributed by atoms with van der Waals surface area (Å²) in [6, 6.07) is 18.2. The van der Waals surface area contributed by atoms with Gasteiger partial charge in [0, 0.05) is 37.6 Å². The molecule has 0 spiro atoms. The van der Waals surface area contributed by atoms with E-state index in [9.17, 15) is 4.79 Å². The van der Waals surface area contributed by atoms with E-state index in [-0.39, 0.29) is 11.2 Å². The average molecular weight is 493 g/mol. The van der Waals surface area contributed by atoms with Crippen LogP contribution >= 0.6 is 11.8 Å². The van der Waals surface area contributed by atoms with E-state index in [1.54, 1.807) is 0 Å². The van der Waals surface area contributed by atoms with Crippen molar-refractivity contribution < 1.29 is 9.53 Å². The second-order valence-corrected chi connectivity index (χ2v) is 10.2. The molecule has 5 rings (SSSR count). The van der Waals surface area contributed by atoms with Crippen LogP contribution in [-0.2, 0) is 9.53 Å². The van der Waals surface area contributed by atoms with Crippen molar-refractivity contribution in [3.63, 3.8) is 0 Å². The van der Waals surface area contributed by atoms with Crippen molar-refractivity contribution in [1.82, 2.24) is 14.8 Å². The number of morpholine rings is 1. The van der Waals surface area contributed by atoms with Gasteiger partial charge in [-0.15, -0.1) is 10.2 Å². The topological polar surface area (TPSA) is 75.5 Å². The van der Waals surface area contributed by atoms with Crippen molar-refractivity contribution >= 4 is 35.0 Å². The zero-order valence-electron chi connectivity index (χ0n) is 20.1. The lowest BCUT2D eigenvalue weighted by Gasteiger charge is -2.29. The summed E-state index contributed by atoms with van der Waals surface area (Å²) in [6.45, 7) is 7.15. The number of hydrogen-bond donors (Lipinski definition) is 1. The molecular formula is C26H32N6O2S. The Hall–Kier alpha value is -3.04. The van der Waals surface area contributed by atoms with Gasteiger partial charge in [0.15, 0.2) is 5.16 Å². The van der Waals surface area contributed by atoms with Crippen LogP contribution in [0.15, 0.2) is 59.8 Å². The van der Waals surface area contributed by atoms with Crippen LogP contribution < -0.4 is 15.1 Å². The molecule has 1 atom stereocenters. The van der Waals surface area contributed by atoms with Crippen LogP contribution in [0.25, 0.3) is 5.69 Å². The second-order valence-electron chi connectivity index (χ2n) is 8.90. The fourth-order valence-corrected chi connectivity index (χ4v) is 5.34. The summed E-state index contributed by atoms with van der Waals surface area (Å²) in [4.78, 5) is 17.6. The number of carbonyl (C=O) groups is 1. The minimum Gasteiger partial charge on any atom is -0.378 e. The standard InChI is InChI=1S/C26H32N6O2S/c1-20(24(33)27-21-10-12-22(13-11-21)30-16-18-34-19-17-30)35-26-29-28-25(31-14-6-3-7-15-31)32(26)23-8-4-2-5-9-23/h2,4-5,8-13,20H,3,6-7,14-19H2,1H3,(H,27,33)/t20-/m0/s1. The fraction of sp³-hybridized carbons (Fsp3) is 0.423. The number of thioether (sulfide) groups is 1. The Labute approximate surface area is 210 Å². The number of carbonyl (C=O) groups excluding carboxylic acids is 1. The van der Waals surface area contributed by atoms with E-state index in [2.05, 4.69) is 54.1 Å². The lowest BCUT2D eigenvalue weighted by molar-refractivity contribution is -0.115. The minimum absolute atomic E-state index is 0.0590. The Morgan fingerprint density at radius 1 is 0.886 bits per heavy atom. The zero-order chi connectivity index (χ0) is 24.0. The number of nitrogens with one attached hydrogen (secondary N) is 1. The average Bonchev–Trinajstić information content (AvgIpc) is 3.34. The molecule has 0 saturated carbocycles. The van der Waals surface area contributed by atoms with Crippen LogP contribution in [0.3, 0.4) is 0 Å². The number of piperidine rings is 1. The van der Waals surface area contributed by atoms with E-state index < -0.39 is 0 Å². The Bertz CT molecular complexity index is 1110. The van der Waals surface area contributed by atoms with Crippen molar-refractivity contribution in [3.8, 4) is 5.69 Å². The third kappa shape index (κ3) is 5.62. The maximum absolute atomic E-state index is 13.0. The van der Waals surface area contributed by atoms with Crippen LogP contribution in [0.1, 0.15) is 26.2 Å². The third-order valence-electron chi connectivity index (χ3n) is 6.43. The van der Waals surface area contributed by atoms with E-state index in [1.165, 1.54) is 18.2 Å². The van der Waals surface area contributed by atoms with Gasteiger partial charge in [-0.3, -0.25) is 9.36 Å². The first-order valence-electron chi connectivity index (χ1n) is 12.3. The van der Waals surface area contributed by atoms with Gasteiger partial charge in [0.1, 0.15) is 0 Å². The number of ether oxygens (including phenoxy) is 1. The lowest BCUT2D eigenvalue weighted by Crippen LogP contribution is -2.36. The Morgan fingerprint density at radius 3 is 2.31 bits per heavy atom. The molecule has 2 aliphatic rings. The highest BCUT2D eigenvalue weighted by Gasteiger charge is 2.25. The molecule has 1 aromatic heterocycles. The fourth-order valence-electron chi connectivity index (χ4n) is 4.47. The molecule has 184 valence electrons. The van der Waals surface area contributed by atoms with Gasteiger partial charge in [-0.05, 0) is 62.6 Å². The van der Waals surface area contributed by atoms with Gasteiger partial charge in [-0.25, -0.2) is 0 Å². The van der Waals surface area contributed by atoms with Crippen LogP contribution in [0.5, 0.6) is 0 Å². The molecule has 3 aromatic rings. The SMILES string of the molecule is C[C@H](Sc1nnc(N2CCCCC2)n1-c1ccccc1)C(=O)Nc1ccc(N2CCOCC2)cc1. The number of amides is 1. The van der Waals surface area contributed by atoms with E-state index >= 15 is 0 Å². The highest BCUT2D eigenvalue weighted by molar-refractivity contribution is 8.00. The third-order valence-corrected chi connectivity index (χ3v) is 7.47. The smallest absolute Gasteiger partial charge is 0.237 e. The summed E-state index contributed by atoms with van der Waals surface area (Å²) >= 11 is 1.43. The number of anilines is 3. The zero-order valence-corrected chi connectivity index (χ0v) is 20.9. The largest absolute Gasteiger partial charge is 0.378 e. The molecule has 2 saturated heterocycles. The van der Waals surface area contributed by atoms with Gasteiger partial charge < -0.3 is 19.9 Å². The summed E-state index contributed by atoms with van der Waals surface area (Å²) in [5, 5.41) is 12.5. The molecule has 35 heavy (non-hydrogen) atoms. The van der Waals surface area contributed by atoms with Crippen molar-refractivity contribution in [2.24, 2.45) is 0 Å². The first-order valence-corrected chi connectivity index (χ1v) is 13.2. The second kappa shape index (κ2) is 11.1. The van der Waals surface area contributed by atoms with Crippen molar-refractivity contribution in [2.75, 3.05) is 54.5 Å².